The van der Waals surface area contributed by atoms with Crippen molar-refractivity contribution >= 4 is 11.3 Å². The van der Waals surface area contributed by atoms with Crippen molar-refractivity contribution in [2.45, 2.75) is 31.8 Å². The van der Waals surface area contributed by atoms with E-state index in [4.69, 9.17) is 0 Å². The van der Waals surface area contributed by atoms with E-state index in [1.54, 1.807) is 11.3 Å². The second-order valence-electron chi connectivity index (χ2n) is 5.14. The van der Waals surface area contributed by atoms with Crippen LogP contribution >= 0.6 is 11.3 Å². The third-order valence-electron chi connectivity index (χ3n) is 3.70. The molecule has 2 heterocycles. The fraction of sp³-hybridized carbons (Fsp3) is 0.500. The molecule has 0 radical (unpaired) electrons. The van der Waals surface area contributed by atoms with E-state index in [1.165, 1.54) is 17.7 Å². The summed E-state index contributed by atoms with van der Waals surface area (Å²) >= 11 is 1.80. The van der Waals surface area contributed by atoms with Gasteiger partial charge < -0.3 is 9.88 Å². The average molecular weight is 261 g/mol. The highest BCUT2D eigenvalue weighted by Gasteiger charge is 2.31. The van der Waals surface area contributed by atoms with Crippen LogP contribution in [0.4, 0.5) is 0 Å². The Bertz CT molecular complexity index is 499. The predicted octanol–water partition coefficient (Wildman–Crippen LogP) is 2.96. The number of rotatable bonds is 5. The second-order valence-corrected chi connectivity index (χ2v) is 6.12. The molecule has 1 N–H and O–H groups in total. The first-order valence-electron chi connectivity index (χ1n) is 6.52. The summed E-state index contributed by atoms with van der Waals surface area (Å²) in [5.74, 6) is 1.96. The number of nitrogens with one attached hydrogen (secondary N) is 1. The maximum atomic E-state index is 4.51. The van der Waals surface area contributed by atoms with Crippen molar-refractivity contribution in [1.29, 1.82) is 0 Å². The van der Waals surface area contributed by atoms with E-state index in [-0.39, 0.29) is 6.04 Å². The number of hydrogen-bond donors (Lipinski definition) is 1. The molecule has 0 spiro atoms. The molecule has 1 aliphatic carbocycles. The zero-order valence-corrected chi connectivity index (χ0v) is 11.7. The molecule has 2 unspecified atom stereocenters. The first-order chi connectivity index (χ1) is 8.75. The predicted molar refractivity (Wildman–Crippen MR) is 74.7 cm³/mol. The van der Waals surface area contributed by atoms with Gasteiger partial charge in [-0.25, -0.2) is 4.98 Å². The van der Waals surface area contributed by atoms with E-state index in [0.29, 0.717) is 6.04 Å². The number of hydrogen-bond acceptors (Lipinski definition) is 3. The molecule has 1 fully saturated rings. The maximum Gasteiger partial charge on any atom is 0.131 e. The Labute approximate surface area is 112 Å². The maximum absolute atomic E-state index is 4.51. The zero-order valence-electron chi connectivity index (χ0n) is 10.8. The first-order valence-corrected chi connectivity index (χ1v) is 7.40. The lowest BCUT2D eigenvalue weighted by atomic mass is 10.1. The van der Waals surface area contributed by atoms with E-state index >= 15 is 0 Å². The second kappa shape index (κ2) is 4.86. The molecule has 2 aromatic rings. The Morgan fingerprint density at radius 1 is 1.50 bits per heavy atom. The number of aromatic nitrogens is 2. The molecule has 0 amide bonds. The van der Waals surface area contributed by atoms with Gasteiger partial charge in [-0.05, 0) is 37.1 Å². The van der Waals surface area contributed by atoms with Crippen molar-refractivity contribution in [3.8, 4) is 0 Å². The largest absolute Gasteiger partial charge is 0.336 e. The van der Waals surface area contributed by atoms with Gasteiger partial charge in [-0.2, -0.15) is 0 Å². The van der Waals surface area contributed by atoms with Gasteiger partial charge in [-0.1, -0.05) is 6.07 Å². The number of imidazole rings is 1. The Morgan fingerprint density at radius 2 is 2.33 bits per heavy atom. The van der Waals surface area contributed by atoms with Crippen LogP contribution in [-0.4, -0.2) is 15.6 Å². The summed E-state index contributed by atoms with van der Waals surface area (Å²) in [5, 5.41) is 5.89. The summed E-state index contributed by atoms with van der Waals surface area (Å²) in [5.41, 5.74) is 0. The average Bonchev–Trinajstić information content (AvgIpc) is 2.91. The standard InChI is InChI=1S/C14H19N3S/c1-10(11-5-6-11)16-13(12-4-3-9-18-12)14-15-7-8-17(14)2/h3-4,7-11,13,16H,5-6H2,1-2H3. The molecule has 0 aromatic carbocycles. The summed E-state index contributed by atoms with van der Waals surface area (Å²) in [4.78, 5) is 5.86. The Balaban J connectivity index is 1.86. The lowest BCUT2D eigenvalue weighted by Gasteiger charge is -2.22. The van der Waals surface area contributed by atoms with Crippen molar-refractivity contribution in [2.24, 2.45) is 13.0 Å². The van der Waals surface area contributed by atoms with Crippen LogP contribution in [0.3, 0.4) is 0 Å². The van der Waals surface area contributed by atoms with Gasteiger partial charge in [-0.3, -0.25) is 0 Å². The molecule has 2 aromatic heterocycles. The smallest absolute Gasteiger partial charge is 0.131 e. The molecule has 1 saturated carbocycles. The summed E-state index contributed by atoms with van der Waals surface area (Å²) in [6.07, 6.45) is 6.62. The molecule has 0 saturated heterocycles. The van der Waals surface area contributed by atoms with Crippen molar-refractivity contribution in [3.05, 3.63) is 40.6 Å². The van der Waals surface area contributed by atoms with E-state index < -0.39 is 0 Å². The normalized spacial score (nSPS) is 18.8. The summed E-state index contributed by atoms with van der Waals surface area (Å²) in [6, 6.07) is 5.09. The van der Waals surface area contributed by atoms with E-state index in [9.17, 15) is 0 Å². The Kier molecular flexibility index (Phi) is 3.22. The van der Waals surface area contributed by atoms with Gasteiger partial charge in [0.05, 0.1) is 0 Å². The molecule has 3 rings (SSSR count). The van der Waals surface area contributed by atoms with Gasteiger partial charge in [0.15, 0.2) is 0 Å². The zero-order chi connectivity index (χ0) is 12.5. The molecular weight excluding hydrogens is 242 g/mol. The highest BCUT2D eigenvalue weighted by atomic mass is 32.1. The third kappa shape index (κ3) is 2.35. The third-order valence-corrected chi connectivity index (χ3v) is 4.64. The van der Waals surface area contributed by atoms with Crippen LogP contribution in [0.1, 0.15) is 36.5 Å². The monoisotopic (exact) mass is 261 g/mol. The summed E-state index contributed by atoms with van der Waals surface area (Å²) in [7, 11) is 2.06. The number of thiophene rings is 1. The van der Waals surface area contributed by atoms with Crippen LogP contribution in [0, 0.1) is 5.92 Å². The van der Waals surface area contributed by atoms with Gasteiger partial charge in [-0.15, -0.1) is 11.3 Å². The molecule has 0 bridgehead atoms. The SMILES string of the molecule is CC(NC(c1cccs1)c1nccn1C)C1CC1. The van der Waals surface area contributed by atoms with Gasteiger partial charge >= 0.3 is 0 Å². The van der Waals surface area contributed by atoms with Gasteiger partial charge in [0.2, 0.25) is 0 Å². The van der Waals surface area contributed by atoms with E-state index in [0.717, 1.165) is 11.7 Å². The quantitative estimate of drug-likeness (QED) is 0.897. The van der Waals surface area contributed by atoms with Crippen molar-refractivity contribution < 1.29 is 0 Å². The van der Waals surface area contributed by atoms with Crippen LogP contribution in [-0.2, 0) is 7.05 Å². The highest BCUT2D eigenvalue weighted by molar-refractivity contribution is 7.10. The Morgan fingerprint density at radius 3 is 2.89 bits per heavy atom. The molecule has 96 valence electrons. The van der Waals surface area contributed by atoms with Gasteiger partial charge in [0.25, 0.3) is 0 Å². The molecule has 18 heavy (non-hydrogen) atoms. The first kappa shape index (κ1) is 11.9. The van der Waals surface area contributed by atoms with Crippen LogP contribution in [0.2, 0.25) is 0 Å². The number of nitrogens with zero attached hydrogens (tertiary/aromatic N) is 2. The molecule has 0 aliphatic heterocycles. The van der Waals surface area contributed by atoms with Crippen molar-refractivity contribution in [3.63, 3.8) is 0 Å². The van der Waals surface area contributed by atoms with Gasteiger partial charge in [0, 0.05) is 30.4 Å². The topological polar surface area (TPSA) is 29.9 Å². The fourth-order valence-corrected chi connectivity index (χ4v) is 3.17. The molecular formula is C14H19N3S. The fourth-order valence-electron chi connectivity index (χ4n) is 2.39. The molecule has 3 nitrogen and oxygen atoms in total. The van der Waals surface area contributed by atoms with Crippen molar-refractivity contribution in [1.82, 2.24) is 14.9 Å². The minimum absolute atomic E-state index is 0.223. The van der Waals surface area contributed by atoms with Crippen LogP contribution in [0.25, 0.3) is 0 Å². The highest BCUT2D eigenvalue weighted by Crippen LogP contribution is 2.35. The van der Waals surface area contributed by atoms with Gasteiger partial charge in [0.1, 0.15) is 11.9 Å². The lowest BCUT2D eigenvalue weighted by Crippen LogP contribution is -2.33. The summed E-state index contributed by atoms with van der Waals surface area (Å²) in [6.45, 7) is 2.29. The van der Waals surface area contributed by atoms with E-state index in [2.05, 4.69) is 46.4 Å². The minimum Gasteiger partial charge on any atom is -0.336 e. The molecule has 4 heteroatoms. The van der Waals surface area contributed by atoms with Crippen molar-refractivity contribution in [2.75, 3.05) is 0 Å². The molecule has 2 atom stereocenters. The molecule has 1 aliphatic rings. The van der Waals surface area contributed by atoms with Crippen LogP contribution < -0.4 is 5.32 Å². The van der Waals surface area contributed by atoms with E-state index in [1.807, 2.05) is 12.4 Å². The summed E-state index contributed by atoms with van der Waals surface area (Å²) < 4.78 is 2.11. The van der Waals surface area contributed by atoms with Crippen LogP contribution in [0.5, 0.6) is 0 Å². The minimum atomic E-state index is 0.223. The Hall–Kier alpha value is -1.13. The van der Waals surface area contributed by atoms with Crippen LogP contribution in [0.15, 0.2) is 29.9 Å². The number of aryl methyl sites for hydroxylation is 1. The lowest BCUT2D eigenvalue weighted by molar-refractivity contribution is 0.443.